The number of imidazole rings is 1. The summed E-state index contributed by atoms with van der Waals surface area (Å²) in [5.74, 6) is -0.604. The van der Waals surface area contributed by atoms with Gasteiger partial charge in [-0.05, 0) is 42.0 Å². The van der Waals surface area contributed by atoms with E-state index in [4.69, 9.17) is 11.6 Å². The molecule has 3 rings (SSSR count). The predicted octanol–water partition coefficient (Wildman–Crippen LogP) is 3.59. The largest absolute Gasteiger partial charge is 0.347 e. The Morgan fingerprint density at radius 2 is 2.00 bits per heavy atom. The summed E-state index contributed by atoms with van der Waals surface area (Å²) in [6.45, 7) is 0.355. The van der Waals surface area contributed by atoms with Gasteiger partial charge in [-0.25, -0.2) is 9.37 Å². The van der Waals surface area contributed by atoms with Crippen LogP contribution in [0.2, 0.25) is 5.02 Å². The first-order valence-electron chi connectivity index (χ1n) is 6.94. The SMILES string of the molecule is O=C(NCc1cccc(Cl)c1)c1cncn1-c1ccc(F)cc1. The molecule has 1 aromatic heterocycles. The summed E-state index contributed by atoms with van der Waals surface area (Å²) in [6, 6.07) is 13.1. The average Bonchev–Trinajstić information content (AvgIpc) is 3.03. The molecule has 6 heteroatoms. The summed E-state index contributed by atoms with van der Waals surface area (Å²) in [6.07, 6.45) is 2.98. The lowest BCUT2D eigenvalue weighted by Crippen LogP contribution is -2.25. The number of rotatable bonds is 4. The van der Waals surface area contributed by atoms with Crippen LogP contribution in [0.4, 0.5) is 4.39 Å². The summed E-state index contributed by atoms with van der Waals surface area (Å²) < 4.78 is 14.6. The van der Waals surface area contributed by atoms with Crippen molar-refractivity contribution in [1.29, 1.82) is 0 Å². The van der Waals surface area contributed by atoms with Gasteiger partial charge in [-0.2, -0.15) is 0 Å². The highest BCUT2D eigenvalue weighted by molar-refractivity contribution is 6.30. The number of carbonyl (C=O) groups is 1. The second-order valence-electron chi connectivity index (χ2n) is 4.94. The van der Waals surface area contributed by atoms with Crippen molar-refractivity contribution in [2.24, 2.45) is 0 Å². The van der Waals surface area contributed by atoms with Crippen molar-refractivity contribution in [2.45, 2.75) is 6.54 Å². The van der Waals surface area contributed by atoms with Gasteiger partial charge < -0.3 is 5.32 Å². The number of hydrogen-bond donors (Lipinski definition) is 1. The molecule has 0 bridgehead atoms. The molecule has 23 heavy (non-hydrogen) atoms. The molecule has 0 spiro atoms. The Bertz CT molecular complexity index is 830. The third kappa shape index (κ3) is 3.57. The zero-order valence-electron chi connectivity index (χ0n) is 12.0. The van der Waals surface area contributed by atoms with Gasteiger partial charge in [0.2, 0.25) is 0 Å². The molecule has 116 valence electrons. The minimum atomic E-state index is -0.333. The first kappa shape index (κ1) is 15.2. The third-order valence-electron chi connectivity index (χ3n) is 3.32. The quantitative estimate of drug-likeness (QED) is 0.795. The zero-order valence-corrected chi connectivity index (χ0v) is 12.8. The van der Waals surface area contributed by atoms with Crippen molar-refractivity contribution in [1.82, 2.24) is 14.9 Å². The normalized spacial score (nSPS) is 10.5. The first-order valence-corrected chi connectivity index (χ1v) is 7.32. The molecule has 1 heterocycles. The minimum Gasteiger partial charge on any atom is -0.347 e. The molecule has 0 saturated heterocycles. The van der Waals surface area contributed by atoms with Gasteiger partial charge in [-0.3, -0.25) is 9.36 Å². The van der Waals surface area contributed by atoms with Crippen LogP contribution in [-0.4, -0.2) is 15.5 Å². The number of carbonyl (C=O) groups excluding carboxylic acids is 1. The van der Waals surface area contributed by atoms with Gasteiger partial charge in [0.1, 0.15) is 11.5 Å². The standard InChI is InChI=1S/C17H13ClFN3O/c18-13-3-1-2-12(8-13)9-21-17(23)16-10-20-11-22(16)15-6-4-14(19)5-7-15/h1-8,10-11H,9H2,(H,21,23). The number of halogens is 2. The highest BCUT2D eigenvalue weighted by Gasteiger charge is 2.13. The van der Waals surface area contributed by atoms with E-state index < -0.39 is 0 Å². The van der Waals surface area contributed by atoms with Gasteiger partial charge in [0, 0.05) is 17.3 Å². The van der Waals surface area contributed by atoms with Crippen LogP contribution < -0.4 is 5.32 Å². The topological polar surface area (TPSA) is 46.9 Å². The van der Waals surface area contributed by atoms with Crippen molar-refractivity contribution in [2.75, 3.05) is 0 Å². The van der Waals surface area contributed by atoms with Crippen molar-refractivity contribution in [3.63, 3.8) is 0 Å². The van der Waals surface area contributed by atoms with E-state index in [9.17, 15) is 9.18 Å². The number of hydrogen-bond acceptors (Lipinski definition) is 2. The van der Waals surface area contributed by atoms with Gasteiger partial charge in [0.05, 0.1) is 12.5 Å². The van der Waals surface area contributed by atoms with E-state index >= 15 is 0 Å². The predicted molar refractivity (Wildman–Crippen MR) is 86.1 cm³/mol. The smallest absolute Gasteiger partial charge is 0.270 e. The van der Waals surface area contributed by atoms with E-state index in [0.717, 1.165) is 5.56 Å². The summed E-state index contributed by atoms with van der Waals surface area (Å²) in [5, 5.41) is 3.44. The van der Waals surface area contributed by atoms with Gasteiger partial charge in [-0.1, -0.05) is 23.7 Å². The van der Waals surface area contributed by atoms with Gasteiger partial charge in [-0.15, -0.1) is 0 Å². The van der Waals surface area contributed by atoms with Crippen molar-refractivity contribution >= 4 is 17.5 Å². The molecule has 0 aliphatic heterocycles. The molecule has 0 aliphatic carbocycles. The van der Waals surface area contributed by atoms with Gasteiger partial charge in [0.15, 0.2) is 0 Å². The lowest BCUT2D eigenvalue weighted by atomic mass is 10.2. The lowest BCUT2D eigenvalue weighted by Gasteiger charge is -2.09. The maximum Gasteiger partial charge on any atom is 0.270 e. The maximum absolute atomic E-state index is 13.0. The average molecular weight is 330 g/mol. The highest BCUT2D eigenvalue weighted by Crippen LogP contribution is 2.13. The molecule has 1 amide bonds. The number of aromatic nitrogens is 2. The minimum absolute atomic E-state index is 0.271. The Morgan fingerprint density at radius 3 is 2.74 bits per heavy atom. The Kier molecular flexibility index (Phi) is 4.39. The number of benzene rings is 2. The summed E-state index contributed by atoms with van der Waals surface area (Å²) >= 11 is 5.92. The monoisotopic (exact) mass is 329 g/mol. The van der Waals surface area contributed by atoms with Crippen molar-refractivity contribution in [3.8, 4) is 5.69 Å². The molecule has 2 aromatic carbocycles. The molecule has 0 fully saturated rings. The zero-order chi connectivity index (χ0) is 16.2. The number of nitrogens with zero attached hydrogens (tertiary/aromatic N) is 2. The fourth-order valence-electron chi connectivity index (χ4n) is 2.19. The van der Waals surface area contributed by atoms with Crippen LogP contribution in [0, 0.1) is 5.82 Å². The second kappa shape index (κ2) is 6.62. The highest BCUT2D eigenvalue weighted by atomic mass is 35.5. The Balaban J connectivity index is 1.76. The first-order chi connectivity index (χ1) is 11.1. The molecule has 3 aromatic rings. The van der Waals surface area contributed by atoms with E-state index in [1.807, 2.05) is 12.1 Å². The Labute approximate surface area is 137 Å². The molecule has 0 radical (unpaired) electrons. The molecule has 0 atom stereocenters. The molecule has 0 unspecified atom stereocenters. The summed E-state index contributed by atoms with van der Waals surface area (Å²) in [4.78, 5) is 16.3. The van der Waals surface area contributed by atoms with Crippen LogP contribution in [0.25, 0.3) is 5.69 Å². The summed E-state index contributed by atoms with van der Waals surface area (Å²) in [7, 11) is 0. The number of nitrogens with one attached hydrogen (secondary N) is 1. The van der Waals surface area contributed by atoms with E-state index in [-0.39, 0.29) is 11.7 Å². The second-order valence-corrected chi connectivity index (χ2v) is 5.37. The fraction of sp³-hybridized carbons (Fsp3) is 0.0588. The van der Waals surface area contributed by atoms with E-state index in [1.54, 1.807) is 28.8 Å². The van der Waals surface area contributed by atoms with Crippen LogP contribution in [0.3, 0.4) is 0 Å². The van der Waals surface area contributed by atoms with Crippen LogP contribution in [0.5, 0.6) is 0 Å². The Morgan fingerprint density at radius 1 is 1.22 bits per heavy atom. The molecule has 1 N–H and O–H groups in total. The third-order valence-corrected chi connectivity index (χ3v) is 3.55. The van der Waals surface area contributed by atoms with E-state index in [0.29, 0.717) is 22.9 Å². The molecule has 0 aliphatic rings. The maximum atomic E-state index is 13.0. The van der Waals surface area contributed by atoms with Crippen molar-refractivity contribution < 1.29 is 9.18 Å². The van der Waals surface area contributed by atoms with Gasteiger partial charge in [0.25, 0.3) is 5.91 Å². The van der Waals surface area contributed by atoms with E-state index in [2.05, 4.69) is 10.3 Å². The van der Waals surface area contributed by atoms with Crippen LogP contribution in [0.1, 0.15) is 16.1 Å². The van der Waals surface area contributed by atoms with Crippen LogP contribution >= 0.6 is 11.6 Å². The molecule has 0 saturated carbocycles. The molecular formula is C17H13ClFN3O. The van der Waals surface area contributed by atoms with Crippen LogP contribution in [-0.2, 0) is 6.54 Å². The molecule has 4 nitrogen and oxygen atoms in total. The van der Waals surface area contributed by atoms with Gasteiger partial charge >= 0.3 is 0 Å². The summed E-state index contributed by atoms with van der Waals surface area (Å²) in [5.41, 5.74) is 1.94. The lowest BCUT2D eigenvalue weighted by molar-refractivity contribution is 0.0944. The Hall–Kier alpha value is -2.66. The van der Waals surface area contributed by atoms with E-state index in [1.165, 1.54) is 24.7 Å². The van der Waals surface area contributed by atoms with Crippen LogP contribution in [0.15, 0.2) is 61.1 Å². The number of amides is 1. The fourth-order valence-corrected chi connectivity index (χ4v) is 2.40. The molecular weight excluding hydrogens is 317 g/mol. The van der Waals surface area contributed by atoms with Crippen molar-refractivity contribution in [3.05, 3.63) is 83.2 Å².